The van der Waals surface area contributed by atoms with Gasteiger partial charge in [-0.3, -0.25) is 14.2 Å². The first-order chi connectivity index (χ1) is 21.4. The van der Waals surface area contributed by atoms with Crippen LogP contribution in [0.5, 0.6) is 11.5 Å². The summed E-state index contributed by atoms with van der Waals surface area (Å²) < 4.78 is 7.32. The van der Waals surface area contributed by atoms with E-state index in [1.165, 1.54) is 22.0 Å². The van der Waals surface area contributed by atoms with E-state index in [0.717, 1.165) is 0 Å². The molecule has 0 bridgehead atoms. The van der Waals surface area contributed by atoms with Gasteiger partial charge in [-0.25, -0.2) is 4.99 Å². The van der Waals surface area contributed by atoms with Crippen LogP contribution in [0.15, 0.2) is 134 Å². The Kier molecular flexibility index (Phi) is 7.98. The van der Waals surface area contributed by atoms with Crippen molar-refractivity contribution in [1.82, 2.24) is 4.57 Å². The molecule has 0 saturated heterocycles. The van der Waals surface area contributed by atoms with Gasteiger partial charge in [0.25, 0.3) is 11.5 Å². The number of allylic oxidation sites excluding steroid dienone is 1. The maximum atomic E-state index is 14.1. The average Bonchev–Trinajstić information content (AvgIpc) is 3.35. The molecule has 0 radical (unpaired) electrons. The normalized spacial score (nSPS) is 14.8. The predicted octanol–water partition coefficient (Wildman–Crippen LogP) is 6.00. The van der Waals surface area contributed by atoms with Gasteiger partial charge in [0, 0.05) is 11.3 Å². The molecule has 218 valence electrons. The van der Waals surface area contributed by atoms with Crippen molar-refractivity contribution in [3.63, 3.8) is 0 Å². The molecular formula is C34H27N5O4S. The predicted molar refractivity (Wildman–Crippen MR) is 171 cm³/mol. The number of amides is 1. The number of thiazole rings is 1. The molecule has 10 heteroatoms. The Bertz CT molecular complexity index is 2100. The second kappa shape index (κ2) is 12.3. The third-order valence-electron chi connectivity index (χ3n) is 7.04. The summed E-state index contributed by atoms with van der Waals surface area (Å²) in [5.41, 5.74) is 3.39. The largest absolute Gasteiger partial charge is 0.507 e. The standard InChI is InChI=1S/C34H27N5O4S/c1-21-30(32(41)36-24-11-5-3-6-12-24)31(22-10-9-15-27(19-22)43-2)39-33(42)29(44-34(39)35-21)20-23-18-26(16-17-28(23)40)38-37-25-13-7-4-8-14-25/h3-20,31,40H,1-2H3,(H,36,41)/b29-20-,38-37?/t31-/m0/s1. The number of phenolic OH excluding ortho intramolecular Hbond substituents is 1. The van der Waals surface area contributed by atoms with Crippen LogP contribution in [0.4, 0.5) is 17.1 Å². The number of carbonyl (C=O) groups excluding carboxylic acids is 1. The molecule has 2 heterocycles. The molecule has 1 aromatic heterocycles. The number of para-hydroxylation sites is 1. The highest BCUT2D eigenvalue weighted by Crippen LogP contribution is 2.32. The molecule has 5 aromatic rings. The zero-order valence-corrected chi connectivity index (χ0v) is 24.7. The molecule has 0 saturated carbocycles. The number of hydrogen-bond acceptors (Lipinski definition) is 8. The number of ether oxygens (including phenoxy) is 1. The Morgan fingerprint density at radius 2 is 1.68 bits per heavy atom. The lowest BCUT2D eigenvalue weighted by Crippen LogP contribution is -2.40. The SMILES string of the molecule is COc1cccc([C@H]2C(C(=O)Nc3ccccc3)=C(C)N=c3s/c(=C\c4cc(N=Nc5ccccc5)ccc4O)c(=O)n32)c1. The number of carbonyl (C=O) groups is 1. The number of methoxy groups -OCH3 is 1. The molecule has 0 aliphatic carbocycles. The second-order valence-electron chi connectivity index (χ2n) is 9.96. The third kappa shape index (κ3) is 5.83. The fourth-order valence-corrected chi connectivity index (χ4v) is 5.97. The summed E-state index contributed by atoms with van der Waals surface area (Å²) in [7, 11) is 1.56. The minimum Gasteiger partial charge on any atom is -0.507 e. The Balaban J connectivity index is 1.46. The van der Waals surface area contributed by atoms with Gasteiger partial charge in [0.2, 0.25) is 0 Å². The van der Waals surface area contributed by atoms with E-state index in [2.05, 4.69) is 20.5 Å². The van der Waals surface area contributed by atoms with E-state index in [1.807, 2.05) is 66.7 Å². The summed E-state index contributed by atoms with van der Waals surface area (Å²) in [4.78, 5) is 32.9. The average molecular weight is 602 g/mol. The van der Waals surface area contributed by atoms with E-state index in [9.17, 15) is 14.7 Å². The van der Waals surface area contributed by atoms with Gasteiger partial charge in [0.1, 0.15) is 11.5 Å². The number of azo groups is 1. The molecule has 1 amide bonds. The number of anilines is 1. The molecule has 2 N–H and O–H groups in total. The monoisotopic (exact) mass is 601 g/mol. The van der Waals surface area contributed by atoms with Gasteiger partial charge in [0.05, 0.1) is 40.3 Å². The van der Waals surface area contributed by atoms with E-state index < -0.39 is 6.04 Å². The van der Waals surface area contributed by atoms with Crippen molar-refractivity contribution in [1.29, 1.82) is 0 Å². The second-order valence-corrected chi connectivity index (χ2v) is 11.0. The molecule has 9 nitrogen and oxygen atoms in total. The fraction of sp³-hybridized carbons (Fsp3) is 0.0882. The summed E-state index contributed by atoms with van der Waals surface area (Å²) in [6.07, 6.45) is 1.60. The van der Waals surface area contributed by atoms with Crippen LogP contribution in [0.25, 0.3) is 6.08 Å². The number of hydrogen-bond donors (Lipinski definition) is 2. The molecule has 1 aliphatic heterocycles. The lowest BCUT2D eigenvalue weighted by Gasteiger charge is -2.25. The highest BCUT2D eigenvalue weighted by molar-refractivity contribution is 7.07. The first kappa shape index (κ1) is 28.5. The summed E-state index contributed by atoms with van der Waals surface area (Å²) in [6.45, 7) is 1.76. The van der Waals surface area contributed by atoms with Crippen LogP contribution in [0, 0.1) is 0 Å². The maximum Gasteiger partial charge on any atom is 0.271 e. The number of benzene rings is 4. The number of nitrogens with zero attached hydrogens (tertiary/aromatic N) is 4. The molecule has 1 aliphatic rings. The van der Waals surface area contributed by atoms with Gasteiger partial charge in [-0.15, -0.1) is 0 Å². The summed E-state index contributed by atoms with van der Waals surface area (Å²) in [6, 6.07) is 29.7. The van der Waals surface area contributed by atoms with Gasteiger partial charge in [-0.05, 0) is 73.2 Å². The Hall–Kier alpha value is -5.61. The van der Waals surface area contributed by atoms with Crippen molar-refractivity contribution in [3.8, 4) is 11.5 Å². The quantitative estimate of drug-likeness (QED) is 0.222. The van der Waals surface area contributed by atoms with Gasteiger partial charge in [-0.1, -0.05) is 59.9 Å². The van der Waals surface area contributed by atoms with E-state index in [0.29, 0.717) is 54.5 Å². The molecule has 0 spiro atoms. The molecule has 0 unspecified atom stereocenters. The lowest BCUT2D eigenvalue weighted by molar-refractivity contribution is -0.113. The van der Waals surface area contributed by atoms with Gasteiger partial charge >= 0.3 is 0 Å². The van der Waals surface area contributed by atoms with E-state index in [4.69, 9.17) is 4.74 Å². The highest BCUT2D eigenvalue weighted by atomic mass is 32.1. The molecule has 1 atom stereocenters. The summed E-state index contributed by atoms with van der Waals surface area (Å²) in [5, 5.41) is 22.1. The van der Waals surface area contributed by atoms with E-state index >= 15 is 0 Å². The topological polar surface area (TPSA) is 118 Å². The Morgan fingerprint density at radius 3 is 2.43 bits per heavy atom. The van der Waals surface area contributed by atoms with Crippen molar-refractivity contribution in [2.24, 2.45) is 15.2 Å². The van der Waals surface area contributed by atoms with Crippen LogP contribution in [-0.4, -0.2) is 22.7 Å². The first-order valence-electron chi connectivity index (χ1n) is 13.7. The number of fused-ring (bicyclic) bond motifs is 1. The van der Waals surface area contributed by atoms with Crippen molar-refractivity contribution in [2.75, 3.05) is 12.4 Å². The van der Waals surface area contributed by atoms with Crippen LogP contribution in [0.2, 0.25) is 0 Å². The van der Waals surface area contributed by atoms with Crippen molar-refractivity contribution in [3.05, 3.63) is 145 Å². The smallest absolute Gasteiger partial charge is 0.271 e. The number of aromatic nitrogens is 1. The molecule has 6 rings (SSSR count). The molecule has 4 aromatic carbocycles. The van der Waals surface area contributed by atoms with Crippen molar-refractivity contribution in [2.45, 2.75) is 13.0 Å². The Labute approximate surface area is 256 Å². The van der Waals surface area contributed by atoms with Crippen LogP contribution in [0.1, 0.15) is 24.1 Å². The number of aromatic hydroxyl groups is 1. The third-order valence-corrected chi connectivity index (χ3v) is 8.03. The van der Waals surface area contributed by atoms with Gasteiger partial charge < -0.3 is 15.2 Å². The van der Waals surface area contributed by atoms with Gasteiger partial charge in [-0.2, -0.15) is 10.2 Å². The molecular weight excluding hydrogens is 574 g/mol. The first-order valence-corrected chi connectivity index (χ1v) is 14.6. The van der Waals surface area contributed by atoms with Gasteiger partial charge in [0.15, 0.2) is 4.80 Å². The van der Waals surface area contributed by atoms with Crippen LogP contribution in [-0.2, 0) is 4.79 Å². The van der Waals surface area contributed by atoms with Crippen LogP contribution >= 0.6 is 11.3 Å². The maximum absolute atomic E-state index is 14.1. The molecule has 44 heavy (non-hydrogen) atoms. The number of rotatable bonds is 7. The van der Waals surface area contributed by atoms with Crippen molar-refractivity contribution < 1.29 is 14.6 Å². The minimum atomic E-state index is -0.771. The van der Waals surface area contributed by atoms with E-state index in [-0.39, 0.29) is 17.2 Å². The zero-order valence-electron chi connectivity index (χ0n) is 23.8. The molecule has 0 fully saturated rings. The zero-order chi connectivity index (χ0) is 30.6. The van der Waals surface area contributed by atoms with Crippen LogP contribution in [0.3, 0.4) is 0 Å². The Morgan fingerprint density at radius 1 is 0.955 bits per heavy atom. The van der Waals surface area contributed by atoms with E-state index in [1.54, 1.807) is 50.4 Å². The summed E-state index contributed by atoms with van der Waals surface area (Å²) in [5.74, 6) is 0.208. The van der Waals surface area contributed by atoms with Crippen LogP contribution < -0.4 is 24.9 Å². The van der Waals surface area contributed by atoms with Crippen molar-refractivity contribution >= 4 is 40.4 Å². The number of phenols is 1. The fourth-order valence-electron chi connectivity index (χ4n) is 4.93. The lowest BCUT2D eigenvalue weighted by atomic mass is 9.95. The minimum absolute atomic E-state index is 0.0158. The summed E-state index contributed by atoms with van der Waals surface area (Å²) >= 11 is 1.18. The highest BCUT2D eigenvalue weighted by Gasteiger charge is 2.32. The number of nitrogens with one attached hydrogen (secondary N) is 1.